The Kier molecular flexibility index (Phi) is 4.50. The molecule has 0 saturated carbocycles. The number of ether oxygens (including phenoxy) is 2. The molecular weight excluding hydrogens is 278 g/mol. The second-order valence-corrected chi connectivity index (χ2v) is 6.82. The molecule has 1 unspecified atom stereocenters. The van der Waals surface area contributed by atoms with Crippen LogP contribution < -0.4 is 9.47 Å². The molecule has 0 bridgehead atoms. The Morgan fingerprint density at radius 1 is 1.30 bits per heavy atom. The second kappa shape index (κ2) is 6.14. The number of sulfone groups is 1. The highest BCUT2D eigenvalue weighted by molar-refractivity contribution is 7.92. The van der Waals surface area contributed by atoms with Crippen molar-refractivity contribution in [2.24, 2.45) is 0 Å². The van der Waals surface area contributed by atoms with Crippen molar-refractivity contribution in [2.45, 2.75) is 36.3 Å². The van der Waals surface area contributed by atoms with Gasteiger partial charge < -0.3 is 9.47 Å². The maximum absolute atomic E-state index is 12.5. The van der Waals surface area contributed by atoms with Gasteiger partial charge in [0.1, 0.15) is 0 Å². The first-order valence-corrected chi connectivity index (χ1v) is 8.14. The van der Waals surface area contributed by atoms with Crippen LogP contribution in [0.2, 0.25) is 0 Å². The summed E-state index contributed by atoms with van der Waals surface area (Å²) in [7, 11) is -3.52. The van der Waals surface area contributed by atoms with Crippen LogP contribution in [0.5, 0.6) is 11.5 Å². The fraction of sp³-hybridized carbons (Fsp3) is 0.500. The summed E-state index contributed by atoms with van der Waals surface area (Å²) in [6.07, 6.45) is 1.17. The molecule has 0 saturated heterocycles. The zero-order chi connectivity index (χ0) is 14.6. The highest BCUT2D eigenvalue weighted by atomic mass is 32.2. The topological polar surface area (TPSA) is 76.4 Å². The highest BCUT2D eigenvalue weighted by Gasteiger charge is 2.27. The monoisotopic (exact) mass is 295 g/mol. The standard InChI is InChI=1S/C14H17NO4S/c1-2-11(6-7-15)20(16,17)12-4-5-13-14(10-12)19-9-3-8-18-13/h4-5,10-11H,2-3,6,8-9H2,1H3. The maximum Gasteiger partial charge on any atom is 0.182 e. The predicted molar refractivity (Wildman–Crippen MR) is 73.5 cm³/mol. The molecule has 0 N–H and O–H groups in total. The Bertz CT molecular complexity index is 619. The Morgan fingerprint density at radius 2 is 2.00 bits per heavy atom. The van der Waals surface area contributed by atoms with Gasteiger partial charge in [0, 0.05) is 12.5 Å². The molecule has 0 spiro atoms. The van der Waals surface area contributed by atoms with Crippen molar-refractivity contribution in [3.05, 3.63) is 18.2 Å². The highest BCUT2D eigenvalue weighted by Crippen LogP contribution is 2.33. The molecule has 1 atom stereocenters. The van der Waals surface area contributed by atoms with Crippen LogP contribution in [0.1, 0.15) is 26.2 Å². The molecule has 0 fully saturated rings. The number of fused-ring (bicyclic) bond motifs is 1. The summed E-state index contributed by atoms with van der Waals surface area (Å²) < 4.78 is 35.9. The van der Waals surface area contributed by atoms with Crippen LogP contribution in [0.25, 0.3) is 0 Å². The van der Waals surface area contributed by atoms with E-state index in [0.717, 1.165) is 6.42 Å². The Balaban J connectivity index is 2.38. The molecule has 6 heteroatoms. The summed E-state index contributed by atoms with van der Waals surface area (Å²) in [4.78, 5) is 0.184. The summed E-state index contributed by atoms with van der Waals surface area (Å²) in [5.41, 5.74) is 0. The van der Waals surface area contributed by atoms with Crippen LogP contribution >= 0.6 is 0 Å². The van der Waals surface area contributed by atoms with Gasteiger partial charge in [0.25, 0.3) is 0 Å². The lowest BCUT2D eigenvalue weighted by atomic mass is 10.3. The summed E-state index contributed by atoms with van der Waals surface area (Å²) >= 11 is 0. The van der Waals surface area contributed by atoms with Gasteiger partial charge >= 0.3 is 0 Å². The van der Waals surface area contributed by atoms with E-state index in [1.54, 1.807) is 13.0 Å². The van der Waals surface area contributed by atoms with Gasteiger partial charge in [-0.3, -0.25) is 0 Å². The van der Waals surface area contributed by atoms with Crippen LogP contribution in [-0.2, 0) is 9.84 Å². The summed E-state index contributed by atoms with van der Waals surface area (Å²) in [5, 5.41) is 8.07. The number of hydrogen-bond acceptors (Lipinski definition) is 5. The molecule has 1 aromatic rings. The van der Waals surface area contributed by atoms with Crippen molar-refractivity contribution in [3.63, 3.8) is 0 Å². The predicted octanol–water partition coefficient (Wildman–Crippen LogP) is 2.31. The van der Waals surface area contributed by atoms with Gasteiger partial charge in [0.2, 0.25) is 0 Å². The van der Waals surface area contributed by atoms with E-state index in [4.69, 9.17) is 14.7 Å². The lowest BCUT2D eigenvalue weighted by molar-refractivity contribution is 0.297. The molecule has 5 nitrogen and oxygen atoms in total. The van der Waals surface area contributed by atoms with E-state index in [-0.39, 0.29) is 11.3 Å². The van der Waals surface area contributed by atoms with E-state index in [0.29, 0.717) is 31.1 Å². The fourth-order valence-electron chi connectivity index (χ4n) is 2.09. The zero-order valence-corrected chi connectivity index (χ0v) is 12.1. The quantitative estimate of drug-likeness (QED) is 0.852. The molecule has 2 rings (SSSR count). The second-order valence-electron chi connectivity index (χ2n) is 4.60. The zero-order valence-electron chi connectivity index (χ0n) is 11.3. The van der Waals surface area contributed by atoms with Crippen LogP contribution in [0.3, 0.4) is 0 Å². The van der Waals surface area contributed by atoms with Crippen LogP contribution in [0.4, 0.5) is 0 Å². The third-order valence-corrected chi connectivity index (χ3v) is 5.55. The van der Waals surface area contributed by atoms with Gasteiger partial charge in [0.15, 0.2) is 21.3 Å². The molecule has 1 aliphatic rings. The number of nitriles is 1. The van der Waals surface area contributed by atoms with Crippen LogP contribution in [-0.4, -0.2) is 26.9 Å². The molecule has 0 amide bonds. The minimum Gasteiger partial charge on any atom is -0.490 e. The van der Waals surface area contributed by atoms with Crippen molar-refractivity contribution in [2.75, 3.05) is 13.2 Å². The van der Waals surface area contributed by atoms with Crippen molar-refractivity contribution in [1.29, 1.82) is 5.26 Å². The van der Waals surface area contributed by atoms with Gasteiger partial charge in [-0.05, 0) is 18.6 Å². The largest absolute Gasteiger partial charge is 0.490 e. The molecule has 0 radical (unpaired) electrons. The van der Waals surface area contributed by atoms with E-state index in [1.807, 2.05) is 6.07 Å². The fourth-order valence-corrected chi connectivity index (χ4v) is 3.74. The van der Waals surface area contributed by atoms with E-state index in [1.165, 1.54) is 12.1 Å². The summed E-state index contributed by atoms with van der Waals surface area (Å²) in [6, 6.07) is 6.56. The van der Waals surface area contributed by atoms with E-state index in [9.17, 15) is 8.42 Å². The number of nitrogens with zero attached hydrogens (tertiary/aromatic N) is 1. The van der Waals surface area contributed by atoms with E-state index in [2.05, 4.69) is 0 Å². The van der Waals surface area contributed by atoms with Crippen LogP contribution in [0, 0.1) is 11.3 Å². The SMILES string of the molecule is CCC(CC#N)S(=O)(=O)c1ccc2c(c1)OCCCO2. The Morgan fingerprint density at radius 3 is 2.65 bits per heavy atom. The molecular formula is C14H17NO4S. The Labute approximate surface area is 119 Å². The van der Waals surface area contributed by atoms with E-state index >= 15 is 0 Å². The van der Waals surface area contributed by atoms with Crippen LogP contribution in [0.15, 0.2) is 23.1 Å². The normalized spacial score (nSPS) is 16.0. The molecule has 1 aromatic carbocycles. The molecule has 20 heavy (non-hydrogen) atoms. The van der Waals surface area contributed by atoms with Crippen molar-refractivity contribution >= 4 is 9.84 Å². The maximum atomic E-state index is 12.5. The van der Waals surface area contributed by atoms with Crippen molar-refractivity contribution in [3.8, 4) is 17.6 Å². The molecule has 1 heterocycles. The average Bonchev–Trinajstić information content (AvgIpc) is 2.68. The summed E-state index contributed by atoms with van der Waals surface area (Å²) in [6.45, 7) is 2.83. The third kappa shape index (κ3) is 2.88. The van der Waals surface area contributed by atoms with Gasteiger partial charge in [-0.25, -0.2) is 8.42 Å². The van der Waals surface area contributed by atoms with E-state index < -0.39 is 15.1 Å². The van der Waals surface area contributed by atoms with Gasteiger partial charge in [0.05, 0.1) is 35.8 Å². The van der Waals surface area contributed by atoms with Gasteiger partial charge in [-0.15, -0.1) is 0 Å². The number of benzene rings is 1. The molecule has 108 valence electrons. The first-order valence-electron chi connectivity index (χ1n) is 6.60. The Hall–Kier alpha value is -1.74. The number of hydrogen-bond donors (Lipinski definition) is 0. The lowest BCUT2D eigenvalue weighted by Crippen LogP contribution is -2.20. The first-order chi connectivity index (χ1) is 9.59. The van der Waals surface area contributed by atoms with Crippen molar-refractivity contribution < 1.29 is 17.9 Å². The average molecular weight is 295 g/mol. The molecule has 0 aliphatic carbocycles. The number of rotatable bonds is 4. The third-order valence-electron chi connectivity index (χ3n) is 3.26. The summed E-state index contributed by atoms with van der Waals surface area (Å²) in [5.74, 6) is 1.02. The first kappa shape index (κ1) is 14.7. The van der Waals surface area contributed by atoms with Gasteiger partial charge in [-0.2, -0.15) is 5.26 Å². The minimum absolute atomic E-state index is 0.00667. The molecule has 0 aromatic heterocycles. The minimum atomic E-state index is -3.52. The molecule has 1 aliphatic heterocycles. The smallest absolute Gasteiger partial charge is 0.182 e. The lowest BCUT2D eigenvalue weighted by Gasteiger charge is -2.14. The van der Waals surface area contributed by atoms with Crippen molar-refractivity contribution in [1.82, 2.24) is 0 Å². The van der Waals surface area contributed by atoms with Gasteiger partial charge in [-0.1, -0.05) is 6.92 Å².